The van der Waals surface area contributed by atoms with Crippen LogP contribution in [0.25, 0.3) is 0 Å². The second kappa shape index (κ2) is 16.9. The molecule has 0 radical (unpaired) electrons. The van der Waals surface area contributed by atoms with Crippen LogP contribution in [0.15, 0.2) is 11.6 Å². The predicted octanol–water partition coefficient (Wildman–Crippen LogP) is 8.09. The largest absolute Gasteiger partial charge is 0.462 e. The van der Waals surface area contributed by atoms with Crippen molar-refractivity contribution in [1.82, 2.24) is 9.80 Å². The quantitative estimate of drug-likeness (QED) is 0.116. The molecule has 2 atom stereocenters. The van der Waals surface area contributed by atoms with Crippen molar-refractivity contribution in [3.63, 3.8) is 0 Å². The molecule has 11 nitrogen and oxygen atoms in total. The second-order valence-electron chi connectivity index (χ2n) is 18.2. The number of piperidine rings is 2. The predicted molar refractivity (Wildman–Crippen MR) is 199 cm³/mol. The molecule has 0 saturated carbocycles. The zero-order chi connectivity index (χ0) is 38.4. The summed E-state index contributed by atoms with van der Waals surface area (Å²) in [6, 6.07) is 0. The summed E-state index contributed by atoms with van der Waals surface area (Å²) in [6.07, 6.45) is 1.91. The van der Waals surface area contributed by atoms with Crippen LogP contribution in [-0.2, 0) is 32.7 Å². The molecular weight excluding hydrogens is 661 g/mol. The molecule has 0 aromatic carbocycles. The fourth-order valence-corrected chi connectivity index (χ4v) is 7.06. The van der Waals surface area contributed by atoms with Crippen molar-refractivity contribution in [2.75, 3.05) is 32.8 Å². The minimum absolute atomic E-state index is 0.0260. The number of hydrogen-bond acceptors (Lipinski definition) is 9. The Morgan fingerprint density at radius 3 is 1.45 bits per heavy atom. The van der Waals surface area contributed by atoms with Gasteiger partial charge in [-0.2, -0.15) is 0 Å². The van der Waals surface area contributed by atoms with Crippen LogP contribution < -0.4 is 0 Å². The maximum Gasteiger partial charge on any atom is 0.410 e. The number of likely N-dealkylation sites (tertiary alicyclic amines) is 2. The Hall–Kier alpha value is -2.23. The molecule has 2 amide bonds. The molecule has 0 aromatic rings. The third-order valence-electron chi connectivity index (χ3n) is 9.24. The average Bonchev–Trinajstić information content (AvgIpc) is 2.87. The number of ketones is 1. The van der Waals surface area contributed by atoms with E-state index in [-0.39, 0.29) is 53.3 Å². The van der Waals surface area contributed by atoms with Gasteiger partial charge >= 0.3 is 18.2 Å². The zero-order valence-electron chi connectivity index (χ0n) is 33.8. The van der Waals surface area contributed by atoms with Crippen LogP contribution in [0.3, 0.4) is 0 Å². The number of esters is 1. The molecule has 0 aliphatic carbocycles. The normalized spacial score (nSPS) is 20.8. The van der Waals surface area contributed by atoms with E-state index in [1.165, 1.54) is 11.8 Å². The Balaban J connectivity index is 0.000000500. The highest BCUT2D eigenvalue weighted by Crippen LogP contribution is 2.40. The lowest BCUT2D eigenvalue weighted by Gasteiger charge is -2.43. The summed E-state index contributed by atoms with van der Waals surface area (Å²) >= 11 is 0. The molecule has 49 heavy (non-hydrogen) atoms. The molecule has 2 unspecified atom stereocenters. The van der Waals surface area contributed by atoms with Crippen LogP contribution in [0.4, 0.5) is 9.59 Å². The Labute approximate surface area is 299 Å². The third kappa shape index (κ3) is 15.3. The van der Waals surface area contributed by atoms with Crippen molar-refractivity contribution in [2.45, 2.75) is 163 Å². The number of ether oxygens (including phenoxy) is 3. The van der Waals surface area contributed by atoms with E-state index in [0.29, 0.717) is 32.5 Å². The van der Waals surface area contributed by atoms with Crippen molar-refractivity contribution < 1.29 is 42.2 Å². The van der Waals surface area contributed by atoms with Gasteiger partial charge in [0.05, 0.1) is 12.6 Å². The lowest BCUT2D eigenvalue weighted by atomic mass is 10.0. The smallest absolute Gasteiger partial charge is 0.410 e. The van der Waals surface area contributed by atoms with Gasteiger partial charge in [0.25, 0.3) is 0 Å². The highest BCUT2D eigenvalue weighted by molar-refractivity contribution is 6.74. The van der Waals surface area contributed by atoms with Gasteiger partial charge in [0.1, 0.15) is 23.9 Å². The summed E-state index contributed by atoms with van der Waals surface area (Å²) in [5, 5.41) is 0.159. The molecule has 2 heterocycles. The van der Waals surface area contributed by atoms with Crippen molar-refractivity contribution in [1.29, 1.82) is 0 Å². The molecule has 13 heteroatoms. The van der Waals surface area contributed by atoms with Crippen LogP contribution in [0.5, 0.6) is 0 Å². The molecule has 2 saturated heterocycles. The third-order valence-corrected chi connectivity index (χ3v) is 18.2. The van der Waals surface area contributed by atoms with Gasteiger partial charge in [-0.05, 0) is 102 Å². The summed E-state index contributed by atoms with van der Waals surface area (Å²) in [5.41, 5.74) is -0.111. The molecule has 284 valence electrons. The molecule has 0 spiro atoms. The Bertz CT molecular complexity index is 1190. The van der Waals surface area contributed by atoms with Gasteiger partial charge in [0, 0.05) is 26.6 Å². The van der Waals surface area contributed by atoms with Gasteiger partial charge in [0.2, 0.25) is 0 Å². The number of carbonyl (C=O) groups excluding carboxylic acids is 4. The Morgan fingerprint density at radius 1 is 0.694 bits per heavy atom. The fraction of sp³-hybridized carbons (Fsp3) is 0.833. The first-order valence-electron chi connectivity index (χ1n) is 17.5. The summed E-state index contributed by atoms with van der Waals surface area (Å²) in [6.45, 7) is 36.0. The number of rotatable bonds is 6. The van der Waals surface area contributed by atoms with E-state index in [2.05, 4.69) is 67.7 Å². The minimum Gasteiger partial charge on any atom is -0.462 e. The lowest BCUT2D eigenvalue weighted by molar-refractivity contribution is -0.139. The van der Waals surface area contributed by atoms with E-state index in [0.717, 1.165) is 5.57 Å². The Kier molecular flexibility index (Phi) is 15.4. The van der Waals surface area contributed by atoms with Crippen LogP contribution in [0.1, 0.15) is 103 Å². The topological polar surface area (TPSA) is 121 Å². The SMILES string of the molecule is CC(=O)OC/C=C1\CN(C(=O)OC(C)(C)C)CCC1O[Si](C)(C)C(C)(C)C.CC(C)(C)OC(=O)N1CCC(O[Si](C)(C)C(C)(C)C)C(=O)C1. The molecule has 0 aromatic heterocycles. The van der Waals surface area contributed by atoms with Crippen molar-refractivity contribution >= 4 is 40.6 Å². The molecular formula is C36H68N2O9Si2. The van der Waals surface area contributed by atoms with Crippen LogP contribution in [0.2, 0.25) is 36.3 Å². The molecule has 0 N–H and O–H groups in total. The Morgan fingerprint density at radius 2 is 1.08 bits per heavy atom. The van der Waals surface area contributed by atoms with Gasteiger partial charge in [-0.25, -0.2) is 9.59 Å². The molecule has 2 aliphatic heterocycles. The van der Waals surface area contributed by atoms with E-state index in [9.17, 15) is 19.2 Å². The van der Waals surface area contributed by atoms with E-state index in [1.54, 1.807) is 4.90 Å². The first kappa shape index (κ1) is 44.8. The highest BCUT2D eigenvalue weighted by atomic mass is 28.4. The molecule has 2 aliphatic rings. The minimum atomic E-state index is -1.98. The van der Waals surface area contributed by atoms with Gasteiger partial charge in [-0.3, -0.25) is 9.59 Å². The maximum absolute atomic E-state index is 12.5. The van der Waals surface area contributed by atoms with Crippen molar-refractivity contribution in [2.24, 2.45) is 0 Å². The van der Waals surface area contributed by atoms with Gasteiger partial charge in [-0.1, -0.05) is 41.5 Å². The average molecular weight is 729 g/mol. The van der Waals surface area contributed by atoms with Crippen molar-refractivity contribution in [3.8, 4) is 0 Å². The van der Waals surface area contributed by atoms with Gasteiger partial charge in [-0.15, -0.1) is 0 Å². The number of carbonyl (C=O) groups is 4. The van der Waals surface area contributed by atoms with Crippen LogP contribution in [0, 0.1) is 0 Å². The number of amides is 2. The standard InChI is InChI=1S/C20H37NO5Si.C16H31NO4Si/c1-15(22)24-13-11-16-14-21(18(23)25-19(2,3)4)12-10-17(16)26-27(8,9)20(5,6)7;1-15(2,3)20-14(19)17-10-9-13(12(18)11-17)21-22(7,8)16(4,5)6/h11,17H,10,12-14H2,1-9H3;13H,9-11H2,1-8H3/b16-11+;. The highest BCUT2D eigenvalue weighted by Gasteiger charge is 2.43. The second-order valence-corrected chi connectivity index (χ2v) is 27.7. The lowest BCUT2D eigenvalue weighted by Crippen LogP contribution is -2.53. The summed E-state index contributed by atoms with van der Waals surface area (Å²) in [5.74, 6) is -0.351. The van der Waals surface area contributed by atoms with Crippen LogP contribution in [-0.4, -0.2) is 107 Å². The fourth-order valence-electron chi connectivity index (χ4n) is 4.41. The molecule has 2 fully saturated rings. The molecule has 0 bridgehead atoms. The first-order chi connectivity index (χ1) is 21.8. The number of hydrogen-bond donors (Lipinski definition) is 0. The van der Waals surface area contributed by atoms with Gasteiger partial charge in [0.15, 0.2) is 22.4 Å². The monoisotopic (exact) mass is 728 g/mol. The zero-order valence-corrected chi connectivity index (χ0v) is 35.8. The molecule has 2 rings (SSSR count). The van der Waals surface area contributed by atoms with E-state index >= 15 is 0 Å². The van der Waals surface area contributed by atoms with Gasteiger partial charge < -0.3 is 32.9 Å². The number of Topliss-reactive ketones (excluding diaryl/α,β-unsaturated/α-hetero) is 1. The summed E-state index contributed by atoms with van der Waals surface area (Å²) < 4.78 is 28.7. The maximum atomic E-state index is 12.5. The van der Waals surface area contributed by atoms with E-state index in [4.69, 9.17) is 23.1 Å². The summed E-state index contributed by atoms with van der Waals surface area (Å²) in [4.78, 5) is 51.1. The summed E-state index contributed by atoms with van der Waals surface area (Å²) in [7, 11) is -3.94. The van der Waals surface area contributed by atoms with Crippen molar-refractivity contribution in [3.05, 3.63) is 11.6 Å². The van der Waals surface area contributed by atoms with E-state index in [1.807, 2.05) is 47.6 Å². The number of nitrogens with zero attached hydrogens (tertiary/aromatic N) is 2. The van der Waals surface area contributed by atoms with Crippen LogP contribution >= 0.6 is 0 Å². The van der Waals surface area contributed by atoms with E-state index < -0.39 is 33.9 Å². The first-order valence-corrected chi connectivity index (χ1v) is 23.3.